The predicted molar refractivity (Wildman–Crippen MR) is 98.0 cm³/mol. The quantitative estimate of drug-likeness (QED) is 0.545. The van der Waals surface area contributed by atoms with E-state index in [1.54, 1.807) is 11.4 Å². The first-order valence-electron chi connectivity index (χ1n) is 8.78. The van der Waals surface area contributed by atoms with E-state index in [-0.39, 0.29) is 6.04 Å². The smallest absolute Gasteiger partial charge is 0.211 e. The van der Waals surface area contributed by atoms with Crippen molar-refractivity contribution >= 4 is 16.0 Å². The average Bonchev–Trinajstić information content (AvgIpc) is 3.20. The summed E-state index contributed by atoms with van der Waals surface area (Å²) in [5, 5.41) is 10.6. The van der Waals surface area contributed by atoms with Gasteiger partial charge in [-0.3, -0.25) is 4.99 Å². The van der Waals surface area contributed by atoms with Gasteiger partial charge in [0, 0.05) is 44.7 Å². The molecule has 2 heterocycles. The molecule has 8 nitrogen and oxygen atoms in total. The van der Waals surface area contributed by atoms with E-state index in [0.717, 1.165) is 42.7 Å². The molecule has 25 heavy (non-hydrogen) atoms. The molecule has 0 radical (unpaired) electrons. The molecule has 142 valence electrons. The van der Waals surface area contributed by atoms with Crippen molar-refractivity contribution in [3.05, 3.63) is 17.0 Å². The first-order chi connectivity index (χ1) is 11.9. The lowest BCUT2D eigenvalue weighted by Crippen LogP contribution is -2.46. The summed E-state index contributed by atoms with van der Waals surface area (Å²) in [4.78, 5) is 4.22. The van der Waals surface area contributed by atoms with Crippen LogP contribution < -0.4 is 10.6 Å². The standard InChI is InChI=1S/C16H29N5O3S/c1-5-14-13(15(6-2)24-20-14)11-19-16(17-3)18-10-12-8-7-9-21(12)25(4,22)23/h12H,5-11H2,1-4H3,(H2,17,18,19)/t12-/m1/s1. The Morgan fingerprint density at radius 3 is 2.72 bits per heavy atom. The van der Waals surface area contributed by atoms with Crippen molar-refractivity contribution in [2.24, 2.45) is 4.99 Å². The Morgan fingerprint density at radius 2 is 2.12 bits per heavy atom. The molecule has 0 aromatic carbocycles. The van der Waals surface area contributed by atoms with E-state index in [1.165, 1.54) is 6.26 Å². The number of rotatable bonds is 7. The molecule has 0 bridgehead atoms. The van der Waals surface area contributed by atoms with Gasteiger partial charge < -0.3 is 15.2 Å². The molecule has 1 aromatic heterocycles. The highest BCUT2D eigenvalue weighted by atomic mass is 32.2. The van der Waals surface area contributed by atoms with Crippen LogP contribution in [0.15, 0.2) is 9.52 Å². The lowest BCUT2D eigenvalue weighted by Gasteiger charge is -2.23. The fourth-order valence-corrected chi connectivity index (χ4v) is 4.38. The van der Waals surface area contributed by atoms with Gasteiger partial charge in [-0.05, 0) is 19.3 Å². The second-order valence-corrected chi connectivity index (χ2v) is 8.15. The molecule has 1 atom stereocenters. The zero-order valence-corrected chi connectivity index (χ0v) is 16.3. The van der Waals surface area contributed by atoms with E-state index in [2.05, 4.69) is 20.8 Å². The highest BCUT2D eigenvalue weighted by Crippen LogP contribution is 2.19. The van der Waals surface area contributed by atoms with Crippen LogP contribution in [0.1, 0.15) is 43.7 Å². The Balaban J connectivity index is 1.93. The summed E-state index contributed by atoms with van der Waals surface area (Å²) >= 11 is 0. The van der Waals surface area contributed by atoms with Gasteiger partial charge >= 0.3 is 0 Å². The van der Waals surface area contributed by atoms with Crippen molar-refractivity contribution in [3.63, 3.8) is 0 Å². The van der Waals surface area contributed by atoms with Gasteiger partial charge in [0.15, 0.2) is 5.96 Å². The highest BCUT2D eigenvalue weighted by Gasteiger charge is 2.31. The molecule has 0 aliphatic carbocycles. The number of sulfonamides is 1. The fourth-order valence-electron chi connectivity index (χ4n) is 3.19. The Morgan fingerprint density at radius 1 is 1.36 bits per heavy atom. The van der Waals surface area contributed by atoms with Crippen LogP contribution in [-0.2, 0) is 29.4 Å². The van der Waals surface area contributed by atoms with Gasteiger partial charge in [-0.25, -0.2) is 8.42 Å². The second-order valence-electron chi connectivity index (χ2n) is 6.21. The lowest BCUT2D eigenvalue weighted by atomic mass is 10.1. The van der Waals surface area contributed by atoms with Crippen molar-refractivity contribution in [1.82, 2.24) is 20.1 Å². The van der Waals surface area contributed by atoms with Gasteiger partial charge in [-0.2, -0.15) is 4.31 Å². The number of guanidine groups is 1. The minimum absolute atomic E-state index is 0.0263. The fraction of sp³-hybridized carbons (Fsp3) is 0.750. The summed E-state index contributed by atoms with van der Waals surface area (Å²) in [6.45, 7) is 5.80. The van der Waals surface area contributed by atoms with E-state index in [4.69, 9.17) is 4.52 Å². The van der Waals surface area contributed by atoms with Crippen molar-refractivity contribution in [2.45, 2.75) is 52.1 Å². The van der Waals surface area contributed by atoms with Crippen LogP contribution in [0.3, 0.4) is 0 Å². The normalized spacial score (nSPS) is 19.4. The Hall–Kier alpha value is -1.61. The van der Waals surface area contributed by atoms with Gasteiger partial charge in [-0.1, -0.05) is 19.0 Å². The van der Waals surface area contributed by atoms with Crippen molar-refractivity contribution in [1.29, 1.82) is 0 Å². The zero-order valence-electron chi connectivity index (χ0n) is 15.5. The van der Waals surface area contributed by atoms with Gasteiger partial charge in [0.25, 0.3) is 0 Å². The predicted octanol–water partition coefficient (Wildman–Crippen LogP) is 0.888. The summed E-state index contributed by atoms with van der Waals surface area (Å²) in [7, 11) is -1.46. The first-order valence-corrected chi connectivity index (χ1v) is 10.6. The highest BCUT2D eigenvalue weighted by molar-refractivity contribution is 7.88. The number of aromatic nitrogens is 1. The van der Waals surface area contributed by atoms with E-state index >= 15 is 0 Å². The third-order valence-electron chi connectivity index (χ3n) is 4.52. The maximum absolute atomic E-state index is 11.8. The van der Waals surface area contributed by atoms with Crippen LogP contribution in [0.5, 0.6) is 0 Å². The van der Waals surface area contributed by atoms with Crippen molar-refractivity contribution in [3.8, 4) is 0 Å². The van der Waals surface area contributed by atoms with Gasteiger partial charge in [0.2, 0.25) is 10.0 Å². The van der Waals surface area contributed by atoms with E-state index < -0.39 is 10.0 Å². The van der Waals surface area contributed by atoms with Crippen molar-refractivity contribution < 1.29 is 12.9 Å². The molecule has 1 aliphatic rings. The maximum atomic E-state index is 11.8. The van der Waals surface area contributed by atoms with Crippen LogP contribution >= 0.6 is 0 Å². The first kappa shape index (κ1) is 19.7. The number of hydrogen-bond acceptors (Lipinski definition) is 5. The summed E-state index contributed by atoms with van der Waals surface area (Å²) in [6, 6.07) is -0.0263. The molecule has 9 heteroatoms. The minimum atomic E-state index is -3.16. The van der Waals surface area contributed by atoms with Gasteiger partial charge in [0.1, 0.15) is 5.76 Å². The molecule has 0 spiro atoms. The molecule has 1 aliphatic heterocycles. The SMILES string of the molecule is CCc1noc(CC)c1CNC(=NC)NC[C@H]1CCCN1S(C)(=O)=O. The molecule has 2 N–H and O–H groups in total. The molecule has 2 rings (SSSR count). The molecule has 0 amide bonds. The Labute approximate surface area is 150 Å². The minimum Gasteiger partial charge on any atom is -0.361 e. The number of nitrogens with one attached hydrogen (secondary N) is 2. The number of aliphatic imine (C=N–C) groups is 1. The summed E-state index contributed by atoms with van der Waals surface area (Å²) in [5.74, 6) is 1.53. The maximum Gasteiger partial charge on any atom is 0.211 e. The topological polar surface area (TPSA) is 99.8 Å². The largest absolute Gasteiger partial charge is 0.361 e. The monoisotopic (exact) mass is 371 g/mol. The molecule has 1 saturated heterocycles. The molecule has 1 fully saturated rings. The van der Waals surface area contributed by atoms with Gasteiger partial charge in [-0.15, -0.1) is 0 Å². The van der Waals surface area contributed by atoms with Crippen LogP contribution in [0.2, 0.25) is 0 Å². The third-order valence-corrected chi connectivity index (χ3v) is 5.85. The van der Waals surface area contributed by atoms with Crippen LogP contribution in [0, 0.1) is 0 Å². The molecule has 1 aromatic rings. The second kappa shape index (κ2) is 8.66. The third kappa shape index (κ3) is 4.94. The van der Waals surface area contributed by atoms with Gasteiger partial charge in [0.05, 0.1) is 11.9 Å². The zero-order chi connectivity index (χ0) is 18.4. The van der Waals surface area contributed by atoms with E-state index in [1.807, 2.05) is 13.8 Å². The van der Waals surface area contributed by atoms with Crippen LogP contribution in [0.4, 0.5) is 0 Å². The summed E-state index contributed by atoms with van der Waals surface area (Å²) in [5.41, 5.74) is 2.03. The number of nitrogens with zero attached hydrogens (tertiary/aromatic N) is 3. The van der Waals surface area contributed by atoms with E-state index in [0.29, 0.717) is 25.6 Å². The number of hydrogen-bond donors (Lipinski definition) is 2. The average molecular weight is 372 g/mol. The molecule has 0 saturated carbocycles. The van der Waals surface area contributed by atoms with Crippen LogP contribution in [-0.4, -0.2) is 56.3 Å². The molecular formula is C16H29N5O3S. The summed E-state index contributed by atoms with van der Waals surface area (Å²) < 4.78 is 30.6. The molecular weight excluding hydrogens is 342 g/mol. The number of aryl methyl sites for hydroxylation is 2. The van der Waals surface area contributed by atoms with Crippen molar-refractivity contribution in [2.75, 3.05) is 26.4 Å². The van der Waals surface area contributed by atoms with E-state index in [9.17, 15) is 8.42 Å². The lowest BCUT2D eigenvalue weighted by molar-refractivity contribution is 0.379. The summed E-state index contributed by atoms with van der Waals surface area (Å²) in [6.07, 6.45) is 4.64. The Bertz CT molecular complexity index is 677. The van der Waals surface area contributed by atoms with Crippen LogP contribution in [0.25, 0.3) is 0 Å². The molecule has 0 unspecified atom stereocenters. The Kier molecular flexibility index (Phi) is 6.83.